The van der Waals surface area contributed by atoms with Gasteiger partial charge in [-0.25, -0.2) is 0 Å². The molecule has 0 aliphatic rings. The summed E-state index contributed by atoms with van der Waals surface area (Å²) in [6.45, 7) is 0. The lowest BCUT2D eigenvalue weighted by atomic mass is 9.77. The van der Waals surface area contributed by atoms with Gasteiger partial charge in [-0.05, 0) is 89.6 Å². The fourth-order valence-corrected chi connectivity index (χ4v) is 6.15. The summed E-state index contributed by atoms with van der Waals surface area (Å²) >= 11 is 5.97. The molecule has 4 aromatic rings. The van der Waals surface area contributed by atoms with Crippen LogP contribution in [0.15, 0.2) is 67.3 Å². The molecule has 4 heterocycles. The Morgan fingerprint density at radius 1 is 0.607 bits per heavy atom. The van der Waals surface area contributed by atoms with E-state index >= 15 is 0 Å². The molecule has 0 aromatic carbocycles. The number of rotatable bonds is 8. The number of hydrogen-bond acceptors (Lipinski definition) is 7. The van der Waals surface area contributed by atoms with Crippen LogP contribution in [0.4, 0.5) is 0 Å². The Labute approximate surface area is 179 Å². The summed E-state index contributed by atoms with van der Waals surface area (Å²) in [6, 6.07) is 7.45. The van der Waals surface area contributed by atoms with Gasteiger partial charge in [-0.3, -0.25) is 4.79 Å². The molecule has 4 rings (SSSR count). The van der Waals surface area contributed by atoms with Gasteiger partial charge < -0.3 is 10.2 Å². The van der Waals surface area contributed by atoms with Gasteiger partial charge in [-0.15, -0.1) is 0 Å². The van der Waals surface area contributed by atoms with E-state index in [4.69, 9.17) is 0 Å². The third-order valence-corrected chi connectivity index (χ3v) is 7.62. The highest BCUT2D eigenvalue weighted by Crippen LogP contribution is 2.42. The van der Waals surface area contributed by atoms with E-state index < -0.39 is 24.0 Å². The standard InChI is InChI=1S/C21H18O3S4/c22-19(15-3-7-27-11-15)17(13-1-5-25-9-13)21(24)18(14-2-6-26-10-14)20(23)16-4-8-28-12-16/h1-12,17-20,22-23H. The largest absolute Gasteiger partial charge is 0.387 e. The molecule has 0 fully saturated rings. The zero-order chi connectivity index (χ0) is 19.5. The Bertz CT molecular complexity index is 893. The van der Waals surface area contributed by atoms with E-state index in [0.717, 1.165) is 22.3 Å². The Balaban J connectivity index is 1.76. The van der Waals surface area contributed by atoms with Crippen LogP contribution in [0.25, 0.3) is 0 Å². The molecule has 0 spiro atoms. The number of thiophene rings is 4. The molecule has 0 aliphatic carbocycles. The van der Waals surface area contributed by atoms with Crippen LogP contribution < -0.4 is 0 Å². The van der Waals surface area contributed by atoms with Crippen molar-refractivity contribution in [1.29, 1.82) is 0 Å². The van der Waals surface area contributed by atoms with Gasteiger partial charge in [-0.2, -0.15) is 45.3 Å². The van der Waals surface area contributed by atoms with E-state index in [2.05, 4.69) is 0 Å². The first-order valence-corrected chi connectivity index (χ1v) is 12.4. The van der Waals surface area contributed by atoms with Crippen molar-refractivity contribution in [3.8, 4) is 0 Å². The molecule has 7 heteroatoms. The van der Waals surface area contributed by atoms with Gasteiger partial charge in [0, 0.05) is 0 Å². The molecule has 144 valence electrons. The minimum atomic E-state index is -0.954. The lowest BCUT2D eigenvalue weighted by molar-refractivity contribution is -0.127. The Kier molecular flexibility index (Phi) is 6.20. The summed E-state index contributed by atoms with van der Waals surface area (Å²) < 4.78 is 0. The van der Waals surface area contributed by atoms with Crippen LogP contribution >= 0.6 is 45.3 Å². The van der Waals surface area contributed by atoms with E-state index in [1.165, 1.54) is 45.3 Å². The number of Topliss-reactive ketones (excluding diaryl/α,β-unsaturated/α-hetero) is 1. The van der Waals surface area contributed by atoms with Gasteiger partial charge in [0.2, 0.25) is 0 Å². The average molecular weight is 447 g/mol. The second kappa shape index (κ2) is 8.82. The number of ketones is 1. The number of hydrogen-bond donors (Lipinski definition) is 2. The second-order valence-electron chi connectivity index (χ2n) is 6.47. The third-order valence-electron chi connectivity index (χ3n) is 4.82. The highest BCUT2D eigenvalue weighted by atomic mass is 32.1. The molecule has 0 saturated carbocycles. The molecule has 0 amide bonds. The quantitative estimate of drug-likeness (QED) is 0.358. The predicted molar refractivity (Wildman–Crippen MR) is 118 cm³/mol. The maximum atomic E-state index is 13.8. The normalized spacial score (nSPS) is 15.8. The molecular weight excluding hydrogens is 428 g/mol. The zero-order valence-electron chi connectivity index (χ0n) is 14.7. The molecule has 4 atom stereocenters. The number of carbonyl (C=O) groups is 1. The second-order valence-corrected chi connectivity index (χ2v) is 9.59. The van der Waals surface area contributed by atoms with Crippen molar-refractivity contribution in [3.05, 3.63) is 89.6 Å². The molecule has 4 aromatic heterocycles. The molecule has 3 nitrogen and oxygen atoms in total. The molecule has 0 bridgehead atoms. The minimum Gasteiger partial charge on any atom is -0.387 e. The first-order chi connectivity index (χ1) is 13.7. The van der Waals surface area contributed by atoms with Crippen molar-refractivity contribution < 1.29 is 15.0 Å². The number of carbonyl (C=O) groups excluding carboxylic acids is 1. The van der Waals surface area contributed by atoms with Crippen molar-refractivity contribution >= 4 is 51.1 Å². The lowest BCUT2D eigenvalue weighted by Crippen LogP contribution is -2.29. The van der Waals surface area contributed by atoms with Gasteiger partial charge in [0.1, 0.15) is 0 Å². The number of aliphatic hydroxyl groups excluding tert-OH is 2. The summed E-state index contributed by atoms with van der Waals surface area (Å²) in [6.07, 6.45) is -1.91. The molecule has 4 unspecified atom stereocenters. The van der Waals surface area contributed by atoms with Gasteiger partial charge >= 0.3 is 0 Å². The van der Waals surface area contributed by atoms with Crippen LogP contribution in [0.2, 0.25) is 0 Å². The maximum Gasteiger partial charge on any atom is 0.153 e. The third kappa shape index (κ3) is 3.91. The van der Waals surface area contributed by atoms with Crippen molar-refractivity contribution in [2.24, 2.45) is 0 Å². The van der Waals surface area contributed by atoms with Crippen LogP contribution in [0.1, 0.15) is 46.3 Å². The van der Waals surface area contributed by atoms with E-state index in [0.29, 0.717) is 0 Å². The van der Waals surface area contributed by atoms with Crippen LogP contribution in [0, 0.1) is 0 Å². The highest BCUT2D eigenvalue weighted by molar-refractivity contribution is 7.08. The van der Waals surface area contributed by atoms with E-state index in [1.54, 1.807) is 0 Å². The van der Waals surface area contributed by atoms with Crippen molar-refractivity contribution in [2.75, 3.05) is 0 Å². The van der Waals surface area contributed by atoms with Crippen LogP contribution in [0.3, 0.4) is 0 Å². The van der Waals surface area contributed by atoms with E-state index in [9.17, 15) is 15.0 Å². The summed E-state index contributed by atoms with van der Waals surface area (Å²) in [5.41, 5.74) is 3.02. The molecule has 28 heavy (non-hydrogen) atoms. The Hall–Kier alpha value is -1.61. The smallest absolute Gasteiger partial charge is 0.153 e. The first-order valence-electron chi connectivity index (χ1n) is 8.65. The minimum absolute atomic E-state index is 0.172. The zero-order valence-corrected chi connectivity index (χ0v) is 17.9. The van der Waals surface area contributed by atoms with Crippen molar-refractivity contribution in [1.82, 2.24) is 0 Å². The lowest BCUT2D eigenvalue weighted by Gasteiger charge is -2.28. The fraction of sp³-hybridized carbons (Fsp3) is 0.190. The van der Waals surface area contributed by atoms with Gasteiger partial charge in [-0.1, -0.05) is 0 Å². The van der Waals surface area contributed by atoms with Crippen molar-refractivity contribution in [2.45, 2.75) is 24.0 Å². The van der Waals surface area contributed by atoms with Gasteiger partial charge in [0.05, 0.1) is 24.0 Å². The first kappa shape index (κ1) is 19.7. The summed E-state index contributed by atoms with van der Waals surface area (Å²) in [5.74, 6) is -1.65. The Morgan fingerprint density at radius 3 is 1.21 bits per heavy atom. The summed E-state index contributed by atoms with van der Waals surface area (Å²) in [5, 5.41) is 37.3. The van der Waals surface area contributed by atoms with Crippen molar-refractivity contribution in [3.63, 3.8) is 0 Å². The van der Waals surface area contributed by atoms with Gasteiger partial charge in [0.25, 0.3) is 0 Å². The summed E-state index contributed by atoms with van der Waals surface area (Å²) in [4.78, 5) is 13.8. The topological polar surface area (TPSA) is 57.5 Å². The fourth-order valence-electron chi connectivity index (χ4n) is 3.37. The SMILES string of the molecule is O=C(C(c1ccsc1)C(O)c1ccsc1)C(c1ccsc1)C(O)c1ccsc1. The van der Waals surface area contributed by atoms with Crippen LogP contribution in [0.5, 0.6) is 0 Å². The molecular formula is C21H18O3S4. The van der Waals surface area contributed by atoms with Gasteiger partial charge in [0.15, 0.2) is 5.78 Å². The van der Waals surface area contributed by atoms with E-state index in [-0.39, 0.29) is 5.78 Å². The molecule has 0 aliphatic heterocycles. The molecule has 2 N–H and O–H groups in total. The summed E-state index contributed by atoms with van der Waals surface area (Å²) in [7, 11) is 0. The average Bonchev–Trinajstić information content (AvgIpc) is 3.51. The monoisotopic (exact) mass is 446 g/mol. The molecule has 0 saturated heterocycles. The Morgan fingerprint density at radius 2 is 0.929 bits per heavy atom. The van der Waals surface area contributed by atoms with Crippen LogP contribution in [-0.2, 0) is 4.79 Å². The maximum absolute atomic E-state index is 13.8. The molecule has 0 radical (unpaired) electrons. The highest BCUT2D eigenvalue weighted by Gasteiger charge is 2.39. The van der Waals surface area contributed by atoms with E-state index in [1.807, 2.05) is 67.3 Å². The van der Waals surface area contributed by atoms with Crippen LogP contribution in [-0.4, -0.2) is 16.0 Å². The number of aliphatic hydroxyl groups is 2. The predicted octanol–water partition coefficient (Wildman–Crippen LogP) is 5.84.